The maximum Gasteiger partial charge on any atom is 0.0613 e. The standard InChI is InChI=1S/C10H11NS2/c1-2-6-7-4-3-5-8(11)9(7)13-10(6)12/h3-5,12H,2,11H2,1H3. The molecule has 0 saturated heterocycles. The second kappa shape index (κ2) is 3.24. The van der Waals surface area contributed by atoms with Crippen LogP contribution < -0.4 is 5.73 Å². The lowest BCUT2D eigenvalue weighted by Crippen LogP contribution is -1.83. The molecule has 13 heavy (non-hydrogen) atoms. The fourth-order valence-corrected chi connectivity index (χ4v) is 3.13. The molecule has 0 spiro atoms. The van der Waals surface area contributed by atoms with Crippen LogP contribution in [0.2, 0.25) is 0 Å². The quantitative estimate of drug-likeness (QED) is 0.547. The third-order valence-corrected chi connectivity index (χ3v) is 3.82. The number of hydrogen-bond donors (Lipinski definition) is 2. The molecular formula is C10H11NS2. The summed E-state index contributed by atoms with van der Waals surface area (Å²) in [4.78, 5) is 0. The fourth-order valence-electron chi connectivity index (χ4n) is 1.52. The zero-order valence-electron chi connectivity index (χ0n) is 7.37. The average Bonchev–Trinajstić information content (AvgIpc) is 2.43. The van der Waals surface area contributed by atoms with Crippen molar-refractivity contribution in [1.29, 1.82) is 0 Å². The molecule has 0 unspecified atom stereocenters. The molecular weight excluding hydrogens is 198 g/mol. The molecule has 2 rings (SSSR count). The molecule has 0 saturated carbocycles. The Kier molecular flexibility index (Phi) is 2.22. The van der Waals surface area contributed by atoms with Gasteiger partial charge in [0.25, 0.3) is 0 Å². The number of thiol groups is 1. The summed E-state index contributed by atoms with van der Waals surface area (Å²) in [7, 11) is 0. The summed E-state index contributed by atoms with van der Waals surface area (Å²) < 4.78 is 2.26. The number of nitrogens with two attached hydrogens (primary N) is 1. The molecule has 1 heterocycles. The summed E-state index contributed by atoms with van der Waals surface area (Å²) in [6.45, 7) is 2.14. The summed E-state index contributed by atoms with van der Waals surface area (Å²) in [6, 6.07) is 6.04. The van der Waals surface area contributed by atoms with E-state index in [4.69, 9.17) is 5.73 Å². The molecule has 3 heteroatoms. The van der Waals surface area contributed by atoms with Crippen LogP contribution in [-0.2, 0) is 6.42 Å². The van der Waals surface area contributed by atoms with E-state index >= 15 is 0 Å². The van der Waals surface area contributed by atoms with Crippen molar-refractivity contribution in [3.05, 3.63) is 23.8 Å². The van der Waals surface area contributed by atoms with Gasteiger partial charge in [0.2, 0.25) is 0 Å². The summed E-state index contributed by atoms with van der Waals surface area (Å²) >= 11 is 6.12. The molecule has 2 aromatic rings. The van der Waals surface area contributed by atoms with Gasteiger partial charge in [-0.15, -0.1) is 24.0 Å². The Bertz CT molecular complexity index is 445. The molecule has 1 nitrogen and oxygen atoms in total. The monoisotopic (exact) mass is 209 g/mol. The minimum atomic E-state index is 0.859. The number of hydrogen-bond acceptors (Lipinski definition) is 3. The Labute approximate surface area is 87.0 Å². The molecule has 1 aromatic carbocycles. The molecule has 1 aromatic heterocycles. The molecule has 68 valence electrons. The zero-order valence-corrected chi connectivity index (χ0v) is 9.08. The van der Waals surface area contributed by atoms with E-state index in [1.54, 1.807) is 11.3 Å². The van der Waals surface area contributed by atoms with Gasteiger partial charge >= 0.3 is 0 Å². The van der Waals surface area contributed by atoms with Crippen LogP contribution in [0.25, 0.3) is 10.1 Å². The van der Waals surface area contributed by atoms with Crippen LogP contribution in [0, 0.1) is 0 Å². The van der Waals surface area contributed by atoms with Crippen LogP contribution >= 0.6 is 24.0 Å². The lowest BCUT2D eigenvalue weighted by atomic mass is 10.1. The molecule has 0 bridgehead atoms. The predicted octanol–water partition coefficient (Wildman–Crippen LogP) is 3.33. The molecule has 0 aliphatic rings. The lowest BCUT2D eigenvalue weighted by Gasteiger charge is -1.96. The van der Waals surface area contributed by atoms with Crippen LogP contribution in [0.15, 0.2) is 22.4 Å². The first-order valence-corrected chi connectivity index (χ1v) is 5.49. The third kappa shape index (κ3) is 1.32. The number of nitrogen functional groups attached to an aromatic ring is 1. The van der Waals surface area contributed by atoms with Crippen molar-refractivity contribution >= 4 is 39.7 Å². The van der Waals surface area contributed by atoms with Crippen LogP contribution in [0.1, 0.15) is 12.5 Å². The van der Waals surface area contributed by atoms with E-state index < -0.39 is 0 Å². The van der Waals surface area contributed by atoms with Gasteiger partial charge in [0, 0.05) is 5.69 Å². The Morgan fingerprint density at radius 2 is 2.23 bits per heavy atom. The van der Waals surface area contributed by atoms with Crippen LogP contribution in [-0.4, -0.2) is 0 Å². The SMILES string of the molecule is CCc1c(S)sc2c(N)cccc12. The number of thiophene rings is 1. The predicted molar refractivity (Wildman–Crippen MR) is 62.9 cm³/mol. The van der Waals surface area contributed by atoms with Gasteiger partial charge in [-0.1, -0.05) is 19.1 Å². The van der Waals surface area contributed by atoms with E-state index in [9.17, 15) is 0 Å². The van der Waals surface area contributed by atoms with E-state index in [0.29, 0.717) is 0 Å². The molecule has 0 amide bonds. The van der Waals surface area contributed by atoms with E-state index in [2.05, 4.69) is 25.6 Å². The van der Waals surface area contributed by atoms with Crippen molar-refractivity contribution < 1.29 is 0 Å². The normalized spacial score (nSPS) is 10.9. The van der Waals surface area contributed by atoms with Gasteiger partial charge < -0.3 is 5.73 Å². The Morgan fingerprint density at radius 1 is 1.46 bits per heavy atom. The van der Waals surface area contributed by atoms with Crippen molar-refractivity contribution in [2.45, 2.75) is 17.6 Å². The summed E-state index contributed by atoms with van der Waals surface area (Å²) in [6.07, 6.45) is 1.02. The fraction of sp³-hybridized carbons (Fsp3) is 0.200. The highest BCUT2D eigenvalue weighted by Gasteiger charge is 2.08. The molecule has 0 aliphatic carbocycles. The van der Waals surface area contributed by atoms with Gasteiger partial charge in [-0.25, -0.2) is 0 Å². The van der Waals surface area contributed by atoms with Gasteiger partial charge in [0.1, 0.15) is 0 Å². The molecule has 0 aliphatic heterocycles. The van der Waals surface area contributed by atoms with Crippen LogP contribution in [0.3, 0.4) is 0 Å². The minimum absolute atomic E-state index is 0.859. The van der Waals surface area contributed by atoms with Crippen molar-refractivity contribution in [2.75, 3.05) is 5.73 Å². The van der Waals surface area contributed by atoms with Gasteiger partial charge in [0.15, 0.2) is 0 Å². The van der Waals surface area contributed by atoms with E-state index in [-0.39, 0.29) is 0 Å². The van der Waals surface area contributed by atoms with Crippen molar-refractivity contribution in [3.63, 3.8) is 0 Å². The zero-order chi connectivity index (χ0) is 9.42. The molecule has 2 N–H and O–H groups in total. The molecule has 0 radical (unpaired) electrons. The highest BCUT2D eigenvalue weighted by atomic mass is 32.2. The second-order valence-electron chi connectivity index (χ2n) is 2.96. The maximum atomic E-state index is 5.87. The number of anilines is 1. The molecule has 0 fully saturated rings. The summed E-state index contributed by atoms with van der Waals surface area (Å²) in [5.41, 5.74) is 8.04. The Morgan fingerprint density at radius 3 is 2.92 bits per heavy atom. The van der Waals surface area contributed by atoms with Crippen molar-refractivity contribution in [1.82, 2.24) is 0 Å². The first-order valence-electron chi connectivity index (χ1n) is 4.23. The highest BCUT2D eigenvalue weighted by molar-refractivity contribution is 7.83. The first-order chi connectivity index (χ1) is 6.24. The topological polar surface area (TPSA) is 26.0 Å². The second-order valence-corrected chi connectivity index (χ2v) is 4.73. The third-order valence-electron chi connectivity index (χ3n) is 2.18. The van der Waals surface area contributed by atoms with Crippen molar-refractivity contribution in [2.24, 2.45) is 0 Å². The summed E-state index contributed by atoms with van der Waals surface area (Å²) in [5, 5.41) is 1.26. The minimum Gasteiger partial charge on any atom is -0.398 e. The number of rotatable bonds is 1. The average molecular weight is 209 g/mol. The van der Waals surface area contributed by atoms with Crippen LogP contribution in [0.5, 0.6) is 0 Å². The first kappa shape index (κ1) is 8.91. The van der Waals surface area contributed by atoms with E-state index in [0.717, 1.165) is 16.3 Å². The largest absolute Gasteiger partial charge is 0.398 e. The van der Waals surface area contributed by atoms with E-state index in [1.165, 1.54) is 15.6 Å². The number of aryl methyl sites for hydroxylation is 1. The maximum absolute atomic E-state index is 5.87. The Hall–Kier alpha value is -0.670. The van der Waals surface area contributed by atoms with Gasteiger partial charge in [-0.2, -0.15) is 0 Å². The highest BCUT2D eigenvalue weighted by Crippen LogP contribution is 2.37. The van der Waals surface area contributed by atoms with Gasteiger partial charge in [-0.05, 0) is 23.4 Å². The van der Waals surface area contributed by atoms with Gasteiger partial charge in [0.05, 0.1) is 8.91 Å². The Balaban J connectivity index is 2.86. The van der Waals surface area contributed by atoms with Crippen LogP contribution in [0.4, 0.5) is 5.69 Å². The number of benzene rings is 1. The van der Waals surface area contributed by atoms with E-state index in [1.807, 2.05) is 12.1 Å². The smallest absolute Gasteiger partial charge is 0.0613 e. The van der Waals surface area contributed by atoms with Crippen molar-refractivity contribution in [3.8, 4) is 0 Å². The molecule has 0 atom stereocenters. The lowest BCUT2D eigenvalue weighted by molar-refractivity contribution is 1.13. The number of fused-ring (bicyclic) bond motifs is 1. The van der Waals surface area contributed by atoms with Gasteiger partial charge in [-0.3, -0.25) is 0 Å². The summed E-state index contributed by atoms with van der Waals surface area (Å²) in [5.74, 6) is 0.